The van der Waals surface area contributed by atoms with Gasteiger partial charge in [0.1, 0.15) is 5.15 Å². The monoisotopic (exact) mass is 332 g/mol. The van der Waals surface area contributed by atoms with Crippen molar-refractivity contribution in [3.8, 4) is 0 Å². The van der Waals surface area contributed by atoms with E-state index in [4.69, 9.17) is 11.6 Å². The van der Waals surface area contributed by atoms with Gasteiger partial charge in [-0.15, -0.1) is 0 Å². The maximum atomic E-state index is 12.3. The number of rotatable bonds is 2. The lowest BCUT2D eigenvalue weighted by Crippen LogP contribution is -2.30. The van der Waals surface area contributed by atoms with Crippen molar-refractivity contribution in [2.45, 2.75) is 19.4 Å². The van der Waals surface area contributed by atoms with Crippen molar-refractivity contribution < 1.29 is 9.90 Å². The van der Waals surface area contributed by atoms with Crippen molar-refractivity contribution in [2.24, 2.45) is 5.92 Å². The predicted molar refractivity (Wildman–Crippen MR) is 72.6 cm³/mol. The van der Waals surface area contributed by atoms with Crippen LogP contribution in [0, 0.1) is 5.92 Å². The van der Waals surface area contributed by atoms with Crippen LogP contribution in [0.4, 0.5) is 0 Å². The average Bonchev–Trinajstić information content (AvgIpc) is 2.81. The number of nitrogens with zero attached hydrogens (tertiary/aromatic N) is 2. The van der Waals surface area contributed by atoms with Gasteiger partial charge in [-0.1, -0.05) is 11.6 Å². The van der Waals surface area contributed by atoms with Crippen LogP contribution in [-0.2, 0) is 0 Å². The molecule has 0 bridgehead atoms. The van der Waals surface area contributed by atoms with E-state index in [1.54, 1.807) is 24.1 Å². The molecule has 2 unspecified atom stereocenters. The molecule has 1 aliphatic heterocycles. The Balaban J connectivity index is 2.15. The first kappa shape index (κ1) is 13.8. The van der Waals surface area contributed by atoms with E-state index in [-0.39, 0.29) is 23.1 Å². The summed E-state index contributed by atoms with van der Waals surface area (Å²) in [5, 5.41) is 9.75. The third-order valence-electron chi connectivity index (χ3n) is 3.23. The first-order chi connectivity index (χ1) is 8.49. The van der Waals surface area contributed by atoms with Crippen LogP contribution in [-0.4, -0.2) is 40.1 Å². The van der Waals surface area contributed by atoms with Crippen LogP contribution in [0.3, 0.4) is 0 Å². The Morgan fingerprint density at radius 2 is 2.44 bits per heavy atom. The Bertz CT molecular complexity index is 467. The van der Waals surface area contributed by atoms with Crippen LogP contribution in [0.25, 0.3) is 0 Å². The topological polar surface area (TPSA) is 53.4 Å². The molecule has 2 rings (SSSR count). The van der Waals surface area contributed by atoms with Crippen molar-refractivity contribution in [1.29, 1.82) is 0 Å². The van der Waals surface area contributed by atoms with Crippen molar-refractivity contribution in [1.82, 2.24) is 9.88 Å². The summed E-state index contributed by atoms with van der Waals surface area (Å²) < 4.78 is 0.724. The fraction of sp³-hybridized carbons (Fsp3) is 0.500. The van der Waals surface area contributed by atoms with Gasteiger partial charge in [-0.05, 0) is 35.3 Å². The third-order valence-corrected chi connectivity index (χ3v) is 3.97. The molecule has 1 saturated heterocycles. The third kappa shape index (κ3) is 2.84. The highest BCUT2D eigenvalue weighted by atomic mass is 79.9. The van der Waals surface area contributed by atoms with E-state index in [9.17, 15) is 9.90 Å². The number of aliphatic hydroxyl groups excluding tert-OH is 1. The minimum absolute atomic E-state index is 0.128. The van der Waals surface area contributed by atoms with Crippen molar-refractivity contribution in [3.63, 3.8) is 0 Å². The minimum Gasteiger partial charge on any atom is -0.393 e. The Morgan fingerprint density at radius 3 is 3.06 bits per heavy atom. The van der Waals surface area contributed by atoms with Crippen LogP contribution >= 0.6 is 27.5 Å². The highest BCUT2D eigenvalue weighted by Crippen LogP contribution is 2.25. The molecule has 0 aromatic carbocycles. The second-order valence-corrected chi connectivity index (χ2v) is 5.81. The van der Waals surface area contributed by atoms with Crippen molar-refractivity contribution in [2.75, 3.05) is 13.1 Å². The predicted octanol–water partition coefficient (Wildman–Crippen LogP) is 2.34. The van der Waals surface area contributed by atoms with Gasteiger partial charge < -0.3 is 10.0 Å². The lowest BCUT2D eigenvalue weighted by atomic mass is 10.0. The van der Waals surface area contributed by atoms with Gasteiger partial charge in [0.15, 0.2) is 0 Å². The van der Waals surface area contributed by atoms with E-state index in [1.807, 2.05) is 0 Å². The molecular weight excluding hydrogens is 320 g/mol. The maximum Gasteiger partial charge on any atom is 0.257 e. The van der Waals surface area contributed by atoms with E-state index in [0.717, 1.165) is 10.9 Å². The fourth-order valence-electron chi connectivity index (χ4n) is 2.11. The number of likely N-dealkylation sites (tertiary alicyclic amines) is 1. The number of hydrogen-bond acceptors (Lipinski definition) is 3. The summed E-state index contributed by atoms with van der Waals surface area (Å²) in [6.07, 6.45) is 1.99. The average molecular weight is 334 g/mol. The van der Waals surface area contributed by atoms with Crippen LogP contribution in [0.1, 0.15) is 23.7 Å². The van der Waals surface area contributed by atoms with Crippen LogP contribution in [0.5, 0.6) is 0 Å². The highest BCUT2D eigenvalue weighted by molar-refractivity contribution is 9.10. The number of hydrogen-bond donors (Lipinski definition) is 1. The molecule has 0 spiro atoms. The van der Waals surface area contributed by atoms with Gasteiger partial charge in [-0.2, -0.15) is 0 Å². The van der Waals surface area contributed by atoms with Crippen molar-refractivity contribution >= 4 is 33.4 Å². The van der Waals surface area contributed by atoms with E-state index in [1.165, 1.54) is 0 Å². The highest BCUT2D eigenvalue weighted by Gasteiger charge is 2.30. The number of carbonyl (C=O) groups is 1. The van der Waals surface area contributed by atoms with E-state index in [2.05, 4.69) is 20.9 Å². The first-order valence-corrected chi connectivity index (χ1v) is 6.94. The molecule has 0 saturated carbocycles. The summed E-state index contributed by atoms with van der Waals surface area (Å²) in [4.78, 5) is 17.9. The fourth-order valence-corrected chi connectivity index (χ4v) is 2.62. The van der Waals surface area contributed by atoms with Gasteiger partial charge in [-0.25, -0.2) is 4.98 Å². The second kappa shape index (κ2) is 5.55. The summed E-state index contributed by atoms with van der Waals surface area (Å²) in [5.41, 5.74) is 0.400. The molecular formula is C12H14BrClN2O2. The Labute approximate surface area is 119 Å². The van der Waals surface area contributed by atoms with Crippen LogP contribution < -0.4 is 0 Å². The molecule has 2 heterocycles. The van der Waals surface area contributed by atoms with Gasteiger partial charge >= 0.3 is 0 Å². The summed E-state index contributed by atoms with van der Waals surface area (Å²) in [6.45, 7) is 2.98. The molecule has 1 aliphatic rings. The smallest absolute Gasteiger partial charge is 0.257 e. The van der Waals surface area contributed by atoms with E-state index >= 15 is 0 Å². The lowest BCUT2D eigenvalue weighted by Gasteiger charge is -2.18. The van der Waals surface area contributed by atoms with Gasteiger partial charge in [0.25, 0.3) is 5.91 Å². The summed E-state index contributed by atoms with van der Waals surface area (Å²) >= 11 is 9.22. The molecule has 1 N–H and O–H groups in total. The minimum atomic E-state index is -0.390. The second-order valence-electron chi connectivity index (χ2n) is 4.53. The maximum absolute atomic E-state index is 12.3. The first-order valence-electron chi connectivity index (χ1n) is 5.77. The molecule has 0 radical (unpaired) electrons. The molecule has 98 valence electrons. The van der Waals surface area contributed by atoms with E-state index in [0.29, 0.717) is 18.7 Å². The Morgan fingerprint density at radius 1 is 1.72 bits per heavy atom. The van der Waals surface area contributed by atoms with Gasteiger partial charge in [0.05, 0.1) is 11.7 Å². The SMILES string of the molecule is CC(O)C1CCN(C(=O)c2cc(Br)cnc2Cl)C1. The molecule has 2 atom stereocenters. The standard InChI is InChI=1S/C12H14BrClN2O2/c1-7(17)8-2-3-16(6-8)12(18)10-4-9(13)5-15-11(10)14/h4-5,7-8,17H,2-3,6H2,1H3. The number of aliphatic hydroxyl groups is 1. The van der Waals surface area contributed by atoms with Crippen LogP contribution in [0.2, 0.25) is 5.15 Å². The molecule has 1 aromatic heterocycles. The van der Waals surface area contributed by atoms with Gasteiger partial charge in [0, 0.05) is 29.7 Å². The summed E-state index contributed by atoms with van der Waals surface area (Å²) in [6, 6.07) is 1.67. The van der Waals surface area contributed by atoms with Gasteiger partial charge in [0.2, 0.25) is 0 Å². The largest absolute Gasteiger partial charge is 0.393 e. The summed E-state index contributed by atoms with van der Waals surface area (Å²) in [5.74, 6) is 0.0183. The van der Waals surface area contributed by atoms with Gasteiger partial charge in [-0.3, -0.25) is 4.79 Å². The Kier molecular flexibility index (Phi) is 4.25. The number of amides is 1. The molecule has 18 heavy (non-hydrogen) atoms. The zero-order chi connectivity index (χ0) is 13.3. The number of pyridine rings is 1. The molecule has 4 nitrogen and oxygen atoms in total. The number of aromatic nitrogens is 1. The number of carbonyl (C=O) groups excluding carboxylic acids is 1. The van der Waals surface area contributed by atoms with E-state index < -0.39 is 0 Å². The normalized spacial score (nSPS) is 21.1. The molecule has 6 heteroatoms. The zero-order valence-electron chi connectivity index (χ0n) is 9.94. The molecule has 1 amide bonds. The van der Waals surface area contributed by atoms with Crippen LogP contribution in [0.15, 0.2) is 16.7 Å². The lowest BCUT2D eigenvalue weighted by molar-refractivity contribution is 0.0762. The number of halogens is 2. The summed E-state index contributed by atoms with van der Waals surface area (Å²) in [7, 11) is 0. The van der Waals surface area contributed by atoms with Crippen molar-refractivity contribution in [3.05, 3.63) is 27.5 Å². The zero-order valence-corrected chi connectivity index (χ0v) is 12.3. The molecule has 1 aromatic rings. The quantitative estimate of drug-likeness (QED) is 0.845. The molecule has 1 fully saturated rings. The molecule has 0 aliphatic carbocycles. The Hall–Kier alpha value is -0.650.